The fraction of sp³-hybridized carbons (Fsp3) is 0.259. The Kier molecular flexibility index (Phi) is 7.43. The lowest BCUT2D eigenvalue weighted by atomic mass is 10.1. The number of nitrogens with zero attached hydrogens (tertiary/aromatic N) is 4. The van der Waals surface area contributed by atoms with Gasteiger partial charge in [0.15, 0.2) is 35.6 Å². The first-order valence-corrected chi connectivity index (χ1v) is 13.3. The maximum atomic E-state index is 13.6. The van der Waals surface area contributed by atoms with Gasteiger partial charge in [0.2, 0.25) is 0 Å². The van der Waals surface area contributed by atoms with Crippen LogP contribution in [0, 0.1) is 0 Å². The number of nitrogens with one attached hydrogen (secondary N) is 3. The summed E-state index contributed by atoms with van der Waals surface area (Å²) in [5, 5.41) is 17.5. The number of anilines is 2. The lowest BCUT2D eigenvalue weighted by Crippen LogP contribution is -2.38. The molecular weight excluding hydrogens is 570 g/mol. The Morgan fingerprint density at radius 1 is 0.976 bits per heavy atom. The predicted octanol–water partition coefficient (Wildman–Crippen LogP) is 3.34. The van der Waals surface area contributed by atoms with Gasteiger partial charge in [-0.05, 0) is 19.1 Å². The molecule has 2 saturated heterocycles. The van der Waals surface area contributed by atoms with Crippen LogP contribution in [0.2, 0.25) is 5.02 Å². The van der Waals surface area contributed by atoms with Gasteiger partial charge in [-0.1, -0.05) is 48.0 Å². The molecule has 4 unspecified atom stereocenters. The van der Waals surface area contributed by atoms with E-state index in [1.165, 1.54) is 30.9 Å². The summed E-state index contributed by atoms with van der Waals surface area (Å²) in [6, 6.07) is 13.0. The van der Waals surface area contributed by atoms with Crippen LogP contribution in [0.4, 0.5) is 16.3 Å². The zero-order chi connectivity index (χ0) is 29.4. The molecule has 2 aliphatic heterocycles. The van der Waals surface area contributed by atoms with E-state index in [0.717, 1.165) is 5.56 Å². The van der Waals surface area contributed by atoms with Crippen LogP contribution in [0.15, 0.2) is 61.2 Å². The Labute approximate surface area is 243 Å². The van der Waals surface area contributed by atoms with Crippen LogP contribution in [0.3, 0.4) is 0 Å². The summed E-state index contributed by atoms with van der Waals surface area (Å²) in [4.78, 5) is 50.4. The molecule has 2 aliphatic rings. The molecule has 2 aromatic heterocycles. The summed E-state index contributed by atoms with van der Waals surface area (Å²) in [6.45, 7) is 2.20. The lowest BCUT2D eigenvalue weighted by molar-refractivity contribution is -0.158. The second kappa shape index (κ2) is 11.3. The molecular formula is C27H24ClN7O7. The van der Waals surface area contributed by atoms with E-state index < -0.39 is 48.7 Å². The summed E-state index contributed by atoms with van der Waals surface area (Å²) in [6.07, 6.45) is -1.98. The fourth-order valence-electron chi connectivity index (χ4n) is 4.92. The van der Waals surface area contributed by atoms with E-state index in [-0.39, 0.29) is 27.6 Å². The Hall–Kier alpha value is -4.63. The Morgan fingerprint density at radius 3 is 2.52 bits per heavy atom. The summed E-state index contributed by atoms with van der Waals surface area (Å²) >= 11 is 6.25. The summed E-state index contributed by atoms with van der Waals surface area (Å²) < 4.78 is 20.3. The van der Waals surface area contributed by atoms with E-state index in [1.807, 2.05) is 30.3 Å². The number of hydrogen-bond donors (Lipinski definition) is 4. The van der Waals surface area contributed by atoms with Crippen LogP contribution >= 0.6 is 11.6 Å². The SMILES string of the molecule is CCNC(=O)Nc1ncnc2c1ncn2C1OC(C(=O)Nc2c(Cl)cccc2C(=O)O)C2O[C@H](c3ccccc3)OC21. The topological polar surface area (TPSA) is 179 Å². The van der Waals surface area contributed by atoms with E-state index in [2.05, 4.69) is 30.9 Å². The molecule has 0 spiro atoms. The van der Waals surface area contributed by atoms with E-state index in [0.29, 0.717) is 12.2 Å². The van der Waals surface area contributed by atoms with Crippen molar-refractivity contribution in [2.75, 3.05) is 17.2 Å². The Bertz CT molecular complexity index is 1670. The number of halogens is 1. The highest BCUT2D eigenvalue weighted by atomic mass is 35.5. The average molecular weight is 594 g/mol. The number of amides is 3. The average Bonchev–Trinajstić information content (AvgIpc) is 3.69. The minimum absolute atomic E-state index is 0.0459. The number of ether oxygens (including phenoxy) is 3. The minimum atomic E-state index is -1.26. The maximum absolute atomic E-state index is 13.6. The normalized spacial score (nSPS) is 23.0. The van der Waals surface area contributed by atoms with Crippen molar-refractivity contribution in [1.82, 2.24) is 24.8 Å². The first-order valence-electron chi connectivity index (χ1n) is 12.9. The number of fused-ring (bicyclic) bond motifs is 2. The molecule has 2 aromatic carbocycles. The van der Waals surface area contributed by atoms with Gasteiger partial charge in [-0.3, -0.25) is 14.7 Å². The molecule has 6 rings (SSSR count). The van der Waals surface area contributed by atoms with E-state index in [9.17, 15) is 19.5 Å². The number of carboxylic acids is 1. The van der Waals surface area contributed by atoms with Crippen LogP contribution in [0.25, 0.3) is 11.2 Å². The number of rotatable bonds is 7. The van der Waals surface area contributed by atoms with Gasteiger partial charge >= 0.3 is 12.0 Å². The van der Waals surface area contributed by atoms with Crippen molar-refractivity contribution in [3.05, 3.63) is 77.3 Å². The van der Waals surface area contributed by atoms with Crippen molar-refractivity contribution >= 4 is 52.2 Å². The molecule has 5 atom stereocenters. The third kappa shape index (κ3) is 5.00. The second-order valence-electron chi connectivity index (χ2n) is 9.38. The van der Waals surface area contributed by atoms with E-state index in [4.69, 9.17) is 25.8 Å². The summed E-state index contributed by atoms with van der Waals surface area (Å²) in [5.74, 6) is -1.76. The van der Waals surface area contributed by atoms with Crippen LogP contribution in [0.1, 0.15) is 35.4 Å². The van der Waals surface area contributed by atoms with E-state index >= 15 is 0 Å². The monoisotopic (exact) mass is 593 g/mol. The highest BCUT2D eigenvalue weighted by Crippen LogP contribution is 2.45. The number of hydrogen-bond acceptors (Lipinski definition) is 9. The molecule has 3 amide bonds. The summed E-state index contributed by atoms with van der Waals surface area (Å²) in [5.41, 5.74) is 1.08. The Morgan fingerprint density at radius 2 is 1.76 bits per heavy atom. The molecule has 0 radical (unpaired) electrons. The van der Waals surface area contributed by atoms with Crippen molar-refractivity contribution in [2.24, 2.45) is 0 Å². The van der Waals surface area contributed by atoms with Gasteiger partial charge in [-0.25, -0.2) is 24.5 Å². The molecule has 0 saturated carbocycles. The third-order valence-corrected chi connectivity index (χ3v) is 7.09. The predicted molar refractivity (Wildman–Crippen MR) is 148 cm³/mol. The van der Waals surface area contributed by atoms with E-state index in [1.54, 1.807) is 11.5 Å². The molecule has 4 aromatic rings. The molecule has 15 heteroatoms. The molecule has 14 nitrogen and oxygen atoms in total. The van der Waals surface area contributed by atoms with Gasteiger partial charge in [0.05, 0.1) is 22.6 Å². The minimum Gasteiger partial charge on any atom is -0.478 e. The molecule has 0 bridgehead atoms. The molecule has 42 heavy (non-hydrogen) atoms. The molecule has 4 N–H and O–H groups in total. The Balaban J connectivity index is 1.34. The number of imidazole rings is 1. The number of carboxylic acid groups (broad SMARTS) is 1. The van der Waals surface area contributed by atoms with Crippen molar-refractivity contribution in [1.29, 1.82) is 0 Å². The standard InChI is InChI=1S/C27H24ClN7O7/c1-2-29-27(39)34-21-17-22(31-11-30-21)35(12-32-17)24-20-18(41-26(42-20)13-7-4-3-5-8-13)19(40-24)23(36)33-16-14(25(37)38)9-6-10-15(16)28/h3-12,18-20,24,26H,2H2,1H3,(H,33,36)(H,37,38)(H2,29,30,31,34,39)/t18?,19?,20?,24?,26-/m0/s1. The molecule has 216 valence electrons. The number of carbonyl (C=O) groups is 3. The van der Waals surface area contributed by atoms with Crippen molar-refractivity contribution in [3.8, 4) is 0 Å². The second-order valence-corrected chi connectivity index (χ2v) is 9.79. The largest absolute Gasteiger partial charge is 0.478 e. The molecule has 0 aliphatic carbocycles. The van der Waals surface area contributed by atoms with Crippen LogP contribution in [-0.4, -0.2) is 67.4 Å². The van der Waals surface area contributed by atoms with Gasteiger partial charge in [0.25, 0.3) is 5.91 Å². The zero-order valence-corrected chi connectivity index (χ0v) is 22.7. The van der Waals surface area contributed by atoms with Gasteiger partial charge in [0.1, 0.15) is 18.5 Å². The quantitative estimate of drug-likeness (QED) is 0.248. The van der Waals surface area contributed by atoms with Crippen molar-refractivity contribution in [2.45, 2.75) is 37.8 Å². The smallest absolute Gasteiger partial charge is 0.337 e. The number of aromatic nitrogens is 4. The van der Waals surface area contributed by atoms with Crippen LogP contribution in [0.5, 0.6) is 0 Å². The van der Waals surface area contributed by atoms with Gasteiger partial charge in [-0.2, -0.15) is 0 Å². The zero-order valence-electron chi connectivity index (χ0n) is 21.9. The van der Waals surface area contributed by atoms with Crippen LogP contribution in [-0.2, 0) is 19.0 Å². The summed E-state index contributed by atoms with van der Waals surface area (Å²) in [7, 11) is 0. The first kappa shape index (κ1) is 27.5. The molecule has 4 heterocycles. The number of aromatic carboxylic acids is 1. The van der Waals surface area contributed by atoms with Crippen molar-refractivity contribution < 1.29 is 33.7 Å². The van der Waals surface area contributed by atoms with Crippen LogP contribution < -0.4 is 16.0 Å². The lowest BCUT2D eigenvalue weighted by Gasteiger charge is -2.21. The number of carbonyl (C=O) groups excluding carboxylic acids is 2. The highest BCUT2D eigenvalue weighted by Gasteiger charge is 2.56. The fourth-order valence-corrected chi connectivity index (χ4v) is 5.14. The third-order valence-electron chi connectivity index (χ3n) is 6.78. The maximum Gasteiger partial charge on any atom is 0.337 e. The van der Waals surface area contributed by atoms with Crippen molar-refractivity contribution in [3.63, 3.8) is 0 Å². The van der Waals surface area contributed by atoms with Gasteiger partial charge in [0, 0.05) is 12.1 Å². The molecule has 2 fully saturated rings. The number of urea groups is 1. The number of para-hydroxylation sites is 1. The van der Waals surface area contributed by atoms with Gasteiger partial charge < -0.3 is 30.0 Å². The first-order chi connectivity index (χ1) is 20.4. The highest BCUT2D eigenvalue weighted by molar-refractivity contribution is 6.34. The van der Waals surface area contributed by atoms with Gasteiger partial charge in [-0.15, -0.1) is 0 Å². The number of benzene rings is 2.